The quantitative estimate of drug-likeness (QED) is 0.903. The lowest BCUT2D eigenvalue weighted by Gasteiger charge is -2.30. The maximum Gasteiger partial charge on any atom is 0.185 e. The first-order valence-corrected chi connectivity index (χ1v) is 7.89. The Bertz CT molecular complexity index is 400. The number of hydrogen-bond acceptors (Lipinski definition) is 5. The molecule has 5 heteroatoms. The number of ether oxygens (including phenoxy) is 1. The van der Waals surface area contributed by atoms with Crippen molar-refractivity contribution in [1.29, 1.82) is 0 Å². The molecule has 0 bridgehead atoms. The number of hydrogen-bond donors (Lipinski definition) is 1. The normalized spacial score (nSPS) is 18.8. The number of thiazole rings is 1. The number of methoxy groups -OCH3 is 1. The molecule has 1 aromatic rings. The Morgan fingerprint density at radius 2 is 2.16 bits per heavy atom. The van der Waals surface area contributed by atoms with Crippen molar-refractivity contribution in [1.82, 2.24) is 4.98 Å². The zero-order valence-electron chi connectivity index (χ0n) is 12.1. The molecule has 2 rings (SSSR count). The van der Waals surface area contributed by atoms with E-state index in [-0.39, 0.29) is 6.61 Å². The smallest absolute Gasteiger partial charge is 0.185 e. The van der Waals surface area contributed by atoms with Gasteiger partial charge in [0.05, 0.1) is 23.3 Å². The molecule has 2 heterocycles. The van der Waals surface area contributed by atoms with Crippen molar-refractivity contribution in [2.75, 3.05) is 25.1 Å². The predicted molar refractivity (Wildman–Crippen MR) is 79.0 cm³/mol. The fourth-order valence-electron chi connectivity index (χ4n) is 2.46. The van der Waals surface area contributed by atoms with E-state index < -0.39 is 0 Å². The Labute approximate surface area is 119 Å². The van der Waals surface area contributed by atoms with Gasteiger partial charge < -0.3 is 14.7 Å². The standard InChI is InChI=1S/C14H24N2O2S/c1-4-10(2)13-12(9-17)19-14(15-13)16-7-5-11(18-3)6-8-16/h10-11,17H,4-9H2,1-3H3. The van der Waals surface area contributed by atoms with E-state index in [2.05, 4.69) is 18.7 Å². The van der Waals surface area contributed by atoms with Gasteiger partial charge in [0.1, 0.15) is 0 Å². The van der Waals surface area contributed by atoms with Gasteiger partial charge in [-0.15, -0.1) is 0 Å². The van der Waals surface area contributed by atoms with Crippen LogP contribution in [0.5, 0.6) is 0 Å². The average Bonchev–Trinajstić information content (AvgIpc) is 2.90. The molecular formula is C14H24N2O2S. The third-order valence-corrected chi connectivity index (χ3v) is 5.10. The molecule has 0 radical (unpaired) electrons. The molecule has 1 aliphatic rings. The van der Waals surface area contributed by atoms with Gasteiger partial charge in [0.25, 0.3) is 0 Å². The number of aromatic nitrogens is 1. The molecular weight excluding hydrogens is 260 g/mol. The van der Waals surface area contributed by atoms with Gasteiger partial charge >= 0.3 is 0 Å². The maximum atomic E-state index is 9.49. The van der Waals surface area contributed by atoms with Crippen LogP contribution in [-0.2, 0) is 11.3 Å². The van der Waals surface area contributed by atoms with Gasteiger partial charge in [-0.3, -0.25) is 0 Å². The van der Waals surface area contributed by atoms with Crippen molar-refractivity contribution in [3.8, 4) is 0 Å². The molecule has 1 atom stereocenters. The zero-order chi connectivity index (χ0) is 13.8. The van der Waals surface area contributed by atoms with Crippen LogP contribution in [0, 0.1) is 0 Å². The first-order chi connectivity index (χ1) is 9.19. The van der Waals surface area contributed by atoms with Crippen LogP contribution in [0.2, 0.25) is 0 Å². The number of aliphatic hydroxyl groups is 1. The first kappa shape index (κ1) is 14.8. The van der Waals surface area contributed by atoms with Crippen LogP contribution in [0.15, 0.2) is 0 Å². The second-order valence-corrected chi connectivity index (χ2v) is 6.26. The molecule has 0 amide bonds. The summed E-state index contributed by atoms with van der Waals surface area (Å²) < 4.78 is 5.40. The Hall–Kier alpha value is -0.650. The highest BCUT2D eigenvalue weighted by atomic mass is 32.1. The summed E-state index contributed by atoms with van der Waals surface area (Å²) in [4.78, 5) is 8.12. The van der Waals surface area contributed by atoms with Crippen LogP contribution in [-0.4, -0.2) is 36.4 Å². The molecule has 1 N–H and O–H groups in total. The number of nitrogens with zero attached hydrogens (tertiary/aromatic N) is 2. The topological polar surface area (TPSA) is 45.6 Å². The third kappa shape index (κ3) is 3.27. The van der Waals surface area contributed by atoms with Crippen molar-refractivity contribution < 1.29 is 9.84 Å². The minimum absolute atomic E-state index is 0.103. The molecule has 1 aliphatic heterocycles. The largest absolute Gasteiger partial charge is 0.391 e. The highest BCUT2D eigenvalue weighted by molar-refractivity contribution is 7.15. The molecule has 1 unspecified atom stereocenters. The second-order valence-electron chi connectivity index (χ2n) is 5.19. The van der Waals surface area contributed by atoms with Crippen molar-refractivity contribution in [2.45, 2.75) is 51.7 Å². The van der Waals surface area contributed by atoms with Crippen molar-refractivity contribution in [3.05, 3.63) is 10.6 Å². The van der Waals surface area contributed by atoms with E-state index >= 15 is 0 Å². The number of rotatable bonds is 5. The minimum Gasteiger partial charge on any atom is -0.391 e. The summed E-state index contributed by atoms with van der Waals surface area (Å²) in [5.74, 6) is 0.420. The van der Waals surface area contributed by atoms with Crippen LogP contribution in [0.4, 0.5) is 5.13 Å². The number of anilines is 1. The van der Waals surface area contributed by atoms with Gasteiger partial charge in [-0.05, 0) is 25.2 Å². The summed E-state index contributed by atoms with van der Waals surface area (Å²) in [6, 6.07) is 0. The summed E-state index contributed by atoms with van der Waals surface area (Å²) in [6.07, 6.45) is 3.57. The van der Waals surface area contributed by atoms with Crippen molar-refractivity contribution in [3.63, 3.8) is 0 Å². The van der Waals surface area contributed by atoms with Crippen LogP contribution in [0.25, 0.3) is 0 Å². The van der Waals surface area contributed by atoms with E-state index in [1.807, 2.05) is 0 Å². The van der Waals surface area contributed by atoms with Gasteiger partial charge in [0.15, 0.2) is 5.13 Å². The SMILES string of the molecule is CCC(C)c1nc(N2CCC(OC)CC2)sc1CO. The summed E-state index contributed by atoms with van der Waals surface area (Å²) in [5, 5.41) is 10.6. The molecule has 19 heavy (non-hydrogen) atoms. The predicted octanol–water partition coefficient (Wildman–Crippen LogP) is 2.76. The number of piperidine rings is 1. The fourth-order valence-corrected chi connectivity index (χ4v) is 3.55. The molecule has 0 spiro atoms. The summed E-state index contributed by atoms with van der Waals surface area (Å²) in [7, 11) is 1.79. The maximum absolute atomic E-state index is 9.49. The molecule has 0 aromatic carbocycles. The van der Waals surface area contributed by atoms with Crippen LogP contribution in [0.1, 0.15) is 49.6 Å². The molecule has 4 nitrogen and oxygen atoms in total. The number of aliphatic hydroxyl groups excluding tert-OH is 1. The van der Waals surface area contributed by atoms with Crippen LogP contribution in [0.3, 0.4) is 0 Å². The van der Waals surface area contributed by atoms with Crippen molar-refractivity contribution >= 4 is 16.5 Å². The third-order valence-electron chi connectivity index (χ3n) is 3.98. The average molecular weight is 284 g/mol. The summed E-state index contributed by atoms with van der Waals surface area (Å²) in [5.41, 5.74) is 1.08. The molecule has 108 valence electrons. The van der Waals surface area contributed by atoms with Gasteiger partial charge in [-0.2, -0.15) is 0 Å². The fraction of sp³-hybridized carbons (Fsp3) is 0.786. The molecule has 1 fully saturated rings. The second kappa shape index (κ2) is 6.68. The molecule has 1 saturated heterocycles. The van der Waals surface area contributed by atoms with Crippen molar-refractivity contribution in [2.24, 2.45) is 0 Å². The monoisotopic (exact) mass is 284 g/mol. The van der Waals surface area contributed by atoms with E-state index in [4.69, 9.17) is 9.72 Å². The Balaban J connectivity index is 2.11. The Morgan fingerprint density at radius 1 is 1.47 bits per heavy atom. The van der Waals surface area contributed by atoms with E-state index in [0.29, 0.717) is 12.0 Å². The van der Waals surface area contributed by atoms with Gasteiger partial charge in [0.2, 0.25) is 0 Å². The minimum atomic E-state index is 0.103. The lowest BCUT2D eigenvalue weighted by Crippen LogP contribution is -2.36. The Morgan fingerprint density at radius 3 is 2.68 bits per heavy atom. The van der Waals surface area contributed by atoms with Crippen LogP contribution >= 0.6 is 11.3 Å². The lowest BCUT2D eigenvalue weighted by molar-refractivity contribution is 0.0819. The van der Waals surface area contributed by atoms with Gasteiger partial charge in [-0.1, -0.05) is 25.2 Å². The van der Waals surface area contributed by atoms with Gasteiger partial charge in [-0.25, -0.2) is 4.98 Å². The molecule has 0 saturated carbocycles. The summed E-state index contributed by atoms with van der Waals surface area (Å²) >= 11 is 1.64. The molecule has 0 aliphatic carbocycles. The Kier molecular flexibility index (Phi) is 5.19. The lowest BCUT2D eigenvalue weighted by atomic mass is 10.0. The van der Waals surface area contributed by atoms with E-state index in [1.165, 1.54) is 0 Å². The molecule has 1 aromatic heterocycles. The van der Waals surface area contributed by atoms with Crippen LogP contribution < -0.4 is 4.90 Å². The zero-order valence-corrected chi connectivity index (χ0v) is 12.9. The van der Waals surface area contributed by atoms with E-state index in [1.54, 1.807) is 18.4 Å². The highest BCUT2D eigenvalue weighted by Crippen LogP contribution is 2.33. The van der Waals surface area contributed by atoms with E-state index in [0.717, 1.165) is 48.1 Å². The highest BCUT2D eigenvalue weighted by Gasteiger charge is 2.23. The first-order valence-electron chi connectivity index (χ1n) is 7.07. The van der Waals surface area contributed by atoms with Gasteiger partial charge in [0, 0.05) is 20.2 Å². The summed E-state index contributed by atoms with van der Waals surface area (Å²) in [6.45, 7) is 6.43. The van der Waals surface area contributed by atoms with E-state index in [9.17, 15) is 5.11 Å².